The summed E-state index contributed by atoms with van der Waals surface area (Å²) in [5, 5.41) is 5.19. The van der Waals surface area contributed by atoms with Crippen molar-refractivity contribution in [3.63, 3.8) is 0 Å². The van der Waals surface area contributed by atoms with Gasteiger partial charge < -0.3 is 9.47 Å². The molecule has 0 fully saturated rings. The van der Waals surface area contributed by atoms with Gasteiger partial charge in [0.05, 0.1) is 16.8 Å². The number of esters is 1. The topological polar surface area (TPSA) is 77.0 Å². The minimum atomic E-state index is -0.783. The van der Waals surface area contributed by atoms with E-state index in [1.165, 1.54) is 18.3 Å². The van der Waals surface area contributed by atoms with Gasteiger partial charge in [-0.25, -0.2) is 10.2 Å². The van der Waals surface area contributed by atoms with Crippen molar-refractivity contribution < 1.29 is 19.1 Å². The molecule has 3 aromatic carbocycles. The highest BCUT2D eigenvalue weighted by atomic mass is 35.5. The standard InChI is InChI=1S/C24H19Cl3N2O4/c1-2-21(33-22-11-8-18(26)13-20(22)27)23(30)29-28-14-15-6-9-19(10-7-15)32-24(31)16-4-3-5-17(25)12-16/h3-14,21H,2H2,1H3,(H,29,30)/b28-14-/t21-/m0/s1. The molecule has 0 aromatic heterocycles. The zero-order valence-electron chi connectivity index (χ0n) is 17.4. The molecule has 1 atom stereocenters. The molecule has 0 unspecified atom stereocenters. The van der Waals surface area contributed by atoms with Crippen molar-refractivity contribution in [3.8, 4) is 11.5 Å². The number of halogens is 3. The second-order valence-corrected chi connectivity index (χ2v) is 8.07. The largest absolute Gasteiger partial charge is 0.479 e. The van der Waals surface area contributed by atoms with Crippen LogP contribution in [0.2, 0.25) is 15.1 Å². The quantitative estimate of drug-likeness (QED) is 0.172. The van der Waals surface area contributed by atoms with E-state index >= 15 is 0 Å². The zero-order valence-corrected chi connectivity index (χ0v) is 19.7. The number of benzene rings is 3. The maximum atomic E-state index is 12.4. The molecule has 0 aliphatic heterocycles. The lowest BCUT2D eigenvalue weighted by Gasteiger charge is -2.16. The molecule has 0 aliphatic carbocycles. The average molecular weight is 506 g/mol. The van der Waals surface area contributed by atoms with Gasteiger partial charge in [-0.05, 0) is 72.6 Å². The number of nitrogens with zero attached hydrogens (tertiary/aromatic N) is 1. The molecule has 9 heteroatoms. The fourth-order valence-corrected chi connectivity index (χ4v) is 3.34. The Hall–Kier alpha value is -3.06. The molecule has 0 heterocycles. The highest BCUT2D eigenvalue weighted by Crippen LogP contribution is 2.28. The Morgan fingerprint density at radius 2 is 1.73 bits per heavy atom. The van der Waals surface area contributed by atoms with Gasteiger partial charge in [0.1, 0.15) is 11.5 Å². The molecule has 0 aliphatic rings. The van der Waals surface area contributed by atoms with Crippen molar-refractivity contribution in [1.82, 2.24) is 5.43 Å². The molecule has 0 saturated heterocycles. The maximum Gasteiger partial charge on any atom is 0.343 e. The fraction of sp³-hybridized carbons (Fsp3) is 0.125. The first-order valence-electron chi connectivity index (χ1n) is 9.88. The van der Waals surface area contributed by atoms with Crippen LogP contribution in [0.25, 0.3) is 0 Å². The summed E-state index contributed by atoms with van der Waals surface area (Å²) in [4.78, 5) is 24.6. The summed E-state index contributed by atoms with van der Waals surface area (Å²) >= 11 is 17.9. The molecule has 3 aromatic rings. The molecule has 0 radical (unpaired) electrons. The lowest BCUT2D eigenvalue weighted by molar-refractivity contribution is -0.128. The van der Waals surface area contributed by atoms with E-state index in [1.54, 1.807) is 61.5 Å². The summed E-state index contributed by atoms with van der Waals surface area (Å²) in [6, 6.07) is 17.9. The van der Waals surface area contributed by atoms with E-state index in [-0.39, 0.29) is 0 Å². The van der Waals surface area contributed by atoms with Crippen LogP contribution in [-0.2, 0) is 4.79 Å². The van der Waals surface area contributed by atoms with Crippen molar-refractivity contribution in [3.05, 3.63) is 92.9 Å². The molecule has 1 N–H and O–H groups in total. The summed E-state index contributed by atoms with van der Waals surface area (Å²) in [5.41, 5.74) is 3.48. The summed E-state index contributed by atoms with van der Waals surface area (Å²) < 4.78 is 11.0. The number of carbonyl (C=O) groups is 2. The number of nitrogens with one attached hydrogen (secondary N) is 1. The first-order valence-corrected chi connectivity index (χ1v) is 11.0. The molecular weight excluding hydrogens is 487 g/mol. The zero-order chi connectivity index (χ0) is 23.8. The SMILES string of the molecule is CC[C@H](Oc1ccc(Cl)cc1Cl)C(=O)N/N=C\c1ccc(OC(=O)c2cccc(Cl)c2)cc1. The van der Waals surface area contributed by atoms with Gasteiger partial charge in [0, 0.05) is 10.0 Å². The summed E-state index contributed by atoms with van der Waals surface area (Å²) in [6.07, 6.45) is 1.09. The monoisotopic (exact) mass is 504 g/mol. The van der Waals surface area contributed by atoms with Gasteiger partial charge in [0.25, 0.3) is 5.91 Å². The van der Waals surface area contributed by atoms with Gasteiger partial charge in [-0.2, -0.15) is 5.10 Å². The number of hydrogen-bond acceptors (Lipinski definition) is 5. The molecule has 170 valence electrons. The number of rotatable bonds is 8. The van der Waals surface area contributed by atoms with Gasteiger partial charge in [0.15, 0.2) is 6.10 Å². The third kappa shape index (κ3) is 7.22. The molecule has 33 heavy (non-hydrogen) atoms. The van der Waals surface area contributed by atoms with Crippen LogP contribution in [0, 0.1) is 0 Å². The fourth-order valence-electron chi connectivity index (χ4n) is 2.69. The van der Waals surface area contributed by atoms with E-state index in [1.807, 2.05) is 0 Å². The van der Waals surface area contributed by atoms with Crippen LogP contribution in [0.1, 0.15) is 29.3 Å². The minimum Gasteiger partial charge on any atom is -0.479 e. The van der Waals surface area contributed by atoms with E-state index in [0.717, 1.165) is 0 Å². The predicted molar refractivity (Wildman–Crippen MR) is 130 cm³/mol. The van der Waals surface area contributed by atoms with Crippen molar-refractivity contribution >= 4 is 52.9 Å². The lowest BCUT2D eigenvalue weighted by atomic mass is 10.2. The Balaban J connectivity index is 1.54. The second kappa shape index (κ2) is 11.7. The van der Waals surface area contributed by atoms with E-state index < -0.39 is 18.0 Å². The van der Waals surface area contributed by atoms with Crippen LogP contribution in [0.3, 0.4) is 0 Å². The molecule has 6 nitrogen and oxygen atoms in total. The number of hydrogen-bond donors (Lipinski definition) is 1. The minimum absolute atomic E-state index is 0.313. The molecule has 1 amide bonds. The van der Waals surface area contributed by atoms with Gasteiger partial charge in [-0.15, -0.1) is 0 Å². The Kier molecular flexibility index (Phi) is 8.72. The van der Waals surface area contributed by atoms with E-state index in [2.05, 4.69) is 10.5 Å². The van der Waals surface area contributed by atoms with Crippen LogP contribution in [-0.4, -0.2) is 24.2 Å². The van der Waals surface area contributed by atoms with E-state index in [9.17, 15) is 9.59 Å². The first kappa shape index (κ1) is 24.6. The van der Waals surface area contributed by atoms with Crippen LogP contribution in [0.4, 0.5) is 0 Å². The highest BCUT2D eigenvalue weighted by Gasteiger charge is 2.19. The van der Waals surface area contributed by atoms with Crippen LogP contribution >= 0.6 is 34.8 Å². The molecule has 0 spiro atoms. The number of hydrazone groups is 1. The maximum absolute atomic E-state index is 12.4. The van der Waals surface area contributed by atoms with Crippen molar-refractivity contribution in [2.24, 2.45) is 5.10 Å². The first-order chi connectivity index (χ1) is 15.9. The van der Waals surface area contributed by atoms with Crippen LogP contribution in [0.15, 0.2) is 71.8 Å². The van der Waals surface area contributed by atoms with Gasteiger partial charge in [-0.1, -0.05) is 47.8 Å². The smallest absolute Gasteiger partial charge is 0.343 e. The van der Waals surface area contributed by atoms with Crippen LogP contribution < -0.4 is 14.9 Å². The van der Waals surface area contributed by atoms with E-state index in [0.29, 0.717) is 44.1 Å². The normalized spacial score (nSPS) is 11.8. The number of amides is 1. The Bertz CT molecular complexity index is 1170. The second-order valence-electron chi connectivity index (χ2n) is 6.79. The predicted octanol–water partition coefficient (Wildman–Crippen LogP) is 6.17. The Morgan fingerprint density at radius 1 is 1.00 bits per heavy atom. The summed E-state index contributed by atoms with van der Waals surface area (Å²) in [5.74, 6) is -0.222. The molecule has 0 saturated carbocycles. The van der Waals surface area contributed by atoms with Gasteiger partial charge in [0.2, 0.25) is 0 Å². The van der Waals surface area contributed by atoms with Gasteiger partial charge >= 0.3 is 5.97 Å². The van der Waals surface area contributed by atoms with Crippen molar-refractivity contribution in [1.29, 1.82) is 0 Å². The van der Waals surface area contributed by atoms with Crippen molar-refractivity contribution in [2.45, 2.75) is 19.4 Å². The average Bonchev–Trinajstić information content (AvgIpc) is 2.79. The highest BCUT2D eigenvalue weighted by molar-refractivity contribution is 6.35. The molecular formula is C24H19Cl3N2O4. The Labute approximate surface area is 206 Å². The molecule has 0 bridgehead atoms. The lowest BCUT2D eigenvalue weighted by Crippen LogP contribution is -2.35. The Morgan fingerprint density at radius 3 is 2.39 bits per heavy atom. The van der Waals surface area contributed by atoms with E-state index in [4.69, 9.17) is 44.3 Å². The number of ether oxygens (including phenoxy) is 2. The summed E-state index contributed by atoms with van der Waals surface area (Å²) in [6.45, 7) is 1.81. The number of carbonyl (C=O) groups excluding carboxylic acids is 2. The third-order valence-corrected chi connectivity index (χ3v) is 5.13. The van der Waals surface area contributed by atoms with Gasteiger partial charge in [-0.3, -0.25) is 4.79 Å². The van der Waals surface area contributed by atoms with Crippen molar-refractivity contribution in [2.75, 3.05) is 0 Å². The molecule has 3 rings (SSSR count). The summed E-state index contributed by atoms with van der Waals surface area (Å²) in [7, 11) is 0. The third-order valence-electron chi connectivity index (χ3n) is 4.37. The van der Waals surface area contributed by atoms with Crippen LogP contribution in [0.5, 0.6) is 11.5 Å².